The average Bonchev–Trinajstić information content (AvgIpc) is 2.19. The molecule has 0 atom stereocenters. The van der Waals surface area contributed by atoms with Crippen LogP contribution in [-0.2, 0) is 6.18 Å². The molecule has 0 N–H and O–H groups in total. The molecule has 0 saturated carbocycles. The highest BCUT2D eigenvalue weighted by Crippen LogP contribution is 2.38. The van der Waals surface area contributed by atoms with Gasteiger partial charge in [0.1, 0.15) is 0 Å². The molecule has 0 aromatic heterocycles. The second kappa shape index (κ2) is 4.94. The molecule has 0 heterocycles. The molecule has 0 amide bonds. The summed E-state index contributed by atoms with van der Waals surface area (Å²) < 4.78 is 37.8. The van der Waals surface area contributed by atoms with E-state index >= 15 is 0 Å². The quantitative estimate of drug-likeness (QED) is 0.570. The Morgan fingerprint density at radius 3 is 2.31 bits per heavy atom. The third-order valence-electron chi connectivity index (χ3n) is 1.80. The normalized spacial score (nSPS) is 11.6. The molecule has 88 valence electrons. The molecular weight excluding hydrogens is 332 g/mol. The predicted octanol–water partition coefficient (Wildman–Crippen LogP) is 4.59. The van der Waals surface area contributed by atoms with Crippen LogP contribution < -0.4 is 0 Å². The van der Waals surface area contributed by atoms with Crippen LogP contribution in [0.25, 0.3) is 0 Å². The van der Waals surface area contributed by atoms with Gasteiger partial charge in [0, 0.05) is 0 Å². The van der Waals surface area contributed by atoms with Crippen LogP contribution in [0, 0.1) is 0 Å². The fraction of sp³-hybridized carbons (Fsp3) is 0.222. The summed E-state index contributed by atoms with van der Waals surface area (Å²) in [6, 6.07) is 1.75. The zero-order valence-electron chi connectivity index (χ0n) is 7.54. The number of ketones is 1. The number of halogens is 6. The van der Waals surface area contributed by atoms with E-state index in [9.17, 15) is 18.0 Å². The Kier molecular flexibility index (Phi) is 4.26. The van der Waals surface area contributed by atoms with Crippen LogP contribution in [0.5, 0.6) is 0 Å². The molecule has 0 saturated heterocycles. The number of rotatable bonds is 2. The maximum absolute atomic E-state index is 12.6. The molecule has 1 aromatic rings. The third kappa shape index (κ3) is 2.70. The van der Waals surface area contributed by atoms with Crippen molar-refractivity contribution >= 4 is 44.9 Å². The van der Waals surface area contributed by atoms with Crippen LogP contribution in [0.15, 0.2) is 12.1 Å². The fourth-order valence-corrected chi connectivity index (χ4v) is 1.83. The van der Waals surface area contributed by atoms with Crippen molar-refractivity contribution in [1.29, 1.82) is 0 Å². The summed E-state index contributed by atoms with van der Waals surface area (Å²) in [5.41, 5.74) is -1.68. The molecule has 16 heavy (non-hydrogen) atoms. The summed E-state index contributed by atoms with van der Waals surface area (Å²) in [7, 11) is 0. The lowest BCUT2D eigenvalue weighted by molar-refractivity contribution is -0.137. The van der Waals surface area contributed by atoms with Crippen LogP contribution in [0.3, 0.4) is 0 Å². The van der Waals surface area contributed by atoms with E-state index < -0.39 is 23.1 Å². The van der Waals surface area contributed by atoms with Crippen molar-refractivity contribution in [1.82, 2.24) is 0 Å². The first kappa shape index (κ1) is 13.8. The first-order valence-corrected chi connectivity index (χ1v) is 5.81. The van der Waals surface area contributed by atoms with Crippen LogP contribution >= 0.6 is 39.1 Å². The standard InChI is InChI=1S/C9H4BrCl2F3O/c10-3-6(16)7-4(9(13,14)15)1-2-5(11)8(7)12/h1-2H,3H2. The third-order valence-corrected chi connectivity index (χ3v) is 3.11. The smallest absolute Gasteiger partial charge is 0.293 e. The Hall–Kier alpha value is -0.260. The lowest BCUT2D eigenvalue weighted by Gasteiger charge is -2.13. The van der Waals surface area contributed by atoms with Crippen molar-refractivity contribution in [2.24, 2.45) is 0 Å². The second-order valence-corrected chi connectivity index (χ2v) is 4.18. The Morgan fingerprint density at radius 2 is 1.88 bits per heavy atom. The number of benzene rings is 1. The molecule has 0 radical (unpaired) electrons. The summed E-state index contributed by atoms with van der Waals surface area (Å²) in [6.45, 7) is 0. The number of alkyl halides is 4. The molecule has 0 aliphatic rings. The monoisotopic (exact) mass is 334 g/mol. The van der Waals surface area contributed by atoms with E-state index in [1.165, 1.54) is 0 Å². The van der Waals surface area contributed by atoms with E-state index in [-0.39, 0.29) is 15.4 Å². The van der Waals surface area contributed by atoms with Crippen LogP contribution in [0.1, 0.15) is 15.9 Å². The molecule has 1 rings (SSSR count). The first-order chi connectivity index (χ1) is 7.29. The molecule has 0 aliphatic carbocycles. The molecule has 0 aliphatic heterocycles. The molecule has 1 nitrogen and oxygen atoms in total. The van der Waals surface area contributed by atoms with Gasteiger partial charge in [-0.1, -0.05) is 39.1 Å². The minimum atomic E-state index is -4.64. The van der Waals surface area contributed by atoms with Gasteiger partial charge in [0.15, 0.2) is 5.78 Å². The molecule has 0 spiro atoms. The van der Waals surface area contributed by atoms with Gasteiger partial charge in [0.25, 0.3) is 0 Å². The number of hydrogen-bond donors (Lipinski definition) is 0. The number of carbonyl (C=O) groups is 1. The van der Waals surface area contributed by atoms with Crippen molar-refractivity contribution in [2.45, 2.75) is 6.18 Å². The zero-order chi connectivity index (χ0) is 12.5. The minimum Gasteiger partial charge on any atom is -0.293 e. The fourth-order valence-electron chi connectivity index (χ4n) is 1.13. The SMILES string of the molecule is O=C(CBr)c1c(C(F)(F)F)ccc(Cl)c1Cl. The molecule has 1 aromatic carbocycles. The zero-order valence-corrected chi connectivity index (χ0v) is 10.6. The summed E-state index contributed by atoms with van der Waals surface area (Å²) in [5, 5.41) is -0.712. The minimum absolute atomic E-state index is 0.0843. The van der Waals surface area contributed by atoms with E-state index in [0.717, 1.165) is 12.1 Å². The average molecular weight is 336 g/mol. The molecule has 7 heteroatoms. The summed E-state index contributed by atoms with van der Waals surface area (Å²) in [5.74, 6) is -0.764. The number of Topliss-reactive ketones (excluding diaryl/α,β-unsaturated/α-hetero) is 1. The van der Waals surface area contributed by atoms with E-state index in [4.69, 9.17) is 23.2 Å². The highest BCUT2D eigenvalue weighted by molar-refractivity contribution is 9.09. The highest BCUT2D eigenvalue weighted by Gasteiger charge is 2.36. The summed E-state index contributed by atoms with van der Waals surface area (Å²) in [6.07, 6.45) is -4.64. The van der Waals surface area contributed by atoms with E-state index in [1.807, 2.05) is 0 Å². The Morgan fingerprint density at radius 1 is 1.31 bits per heavy atom. The predicted molar refractivity (Wildman–Crippen MR) is 59.6 cm³/mol. The Labute approximate surface area is 108 Å². The lowest BCUT2D eigenvalue weighted by Crippen LogP contribution is -2.14. The van der Waals surface area contributed by atoms with Gasteiger partial charge in [-0.15, -0.1) is 0 Å². The van der Waals surface area contributed by atoms with E-state index in [1.54, 1.807) is 0 Å². The van der Waals surface area contributed by atoms with Crippen LogP contribution in [-0.4, -0.2) is 11.1 Å². The highest BCUT2D eigenvalue weighted by atomic mass is 79.9. The van der Waals surface area contributed by atoms with Crippen molar-refractivity contribution in [3.05, 3.63) is 33.3 Å². The van der Waals surface area contributed by atoms with Gasteiger partial charge in [0.2, 0.25) is 0 Å². The van der Waals surface area contributed by atoms with Gasteiger partial charge in [-0.2, -0.15) is 13.2 Å². The number of carbonyl (C=O) groups excluding carboxylic acids is 1. The lowest BCUT2D eigenvalue weighted by atomic mass is 10.0. The maximum atomic E-state index is 12.6. The van der Waals surface area contributed by atoms with Gasteiger partial charge in [-0.05, 0) is 12.1 Å². The molecule has 0 unspecified atom stereocenters. The van der Waals surface area contributed by atoms with Gasteiger partial charge in [-0.25, -0.2) is 0 Å². The van der Waals surface area contributed by atoms with Crippen LogP contribution in [0.2, 0.25) is 10.0 Å². The van der Waals surface area contributed by atoms with Gasteiger partial charge in [0.05, 0.1) is 26.5 Å². The van der Waals surface area contributed by atoms with Crippen molar-refractivity contribution < 1.29 is 18.0 Å². The largest absolute Gasteiger partial charge is 0.417 e. The van der Waals surface area contributed by atoms with E-state index in [0.29, 0.717) is 0 Å². The number of hydrogen-bond acceptors (Lipinski definition) is 1. The molecule has 0 fully saturated rings. The van der Waals surface area contributed by atoms with Crippen molar-refractivity contribution in [3.8, 4) is 0 Å². The van der Waals surface area contributed by atoms with Gasteiger partial charge < -0.3 is 0 Å². The Balaban J connectivity index is 3.51. The van der Waals surface area contributed by atoms with Gasteiger partial charge in [-0.3, -0.25) is 4.79 Å². The van der Waals surface area contributed by atoms with E-state index in [2.05, 4.69) is 15.9 Å². The van der Waals surface area contributed by atoms with Crippen LogP contribution in [0.4, 0.5) is 13.2 Å². The first-order valence-electron chi connectivity index (χ1n) is 3.93. The molecule has 0 bridgehead atoms. The topological polar surface area (TPSA) is 17.1 Å². The maximum Gasteiger partial charge on any atom is 0.417 e. The summed E-state index contributed by atoms with van der Waals surface area (Å²) >= 11 is 14.0. The summed E-state index contributed by atoms with van der Waals surface area (Å²) in [4.78, 5) is 11.4. The van der Waals surface area contributed by atoms with Gasteiger partial charge >= 0.3 is 6.18 Å². The molecular formula is C9H4BrCl2F3O. The Bertz CT molecular complexity index is 431. The van der Waals surface area contributed by atoms with Crippen molar-refractivity contribution in [2.75, 3.05) is 5.33 Å². The van der Waals surface area contributed by atoms with Crippen molar-refractivity contribution in [3.63, 3.8) is 0 Å². The second-order valence-electron chi connectivity index (χ2n) is 2.84.